The molecule has 0 spiro atoms. The maximum Gasteiger partial charge on any atom is 0.262 e. The number of hydrogen-bond acceptors (Lipinski definition) is 3. The van der Waals surface area contributed by atoms with Crippen LogP contribution < -0.4 is 5.32 Å². The van der Waals surface area contributed by atoms with Crippen molar-refractivity contribution < 1.29 is 9.21 Å². The molecular weight excluding hydrogens is 228 g/mol. The molecule has 0 saturated heterocycles. The number of furan rings is 1. The molecule has 18 heavy (non-hydrogen) atoms. The maximum atomic E-state index is 11.7. The highest BCUT2D eigenvalue weighted by molar-refractivity contribution is 6.01. The Kier molecular flexibility index (Phi) is 6.34. The van der Waals surface area contributed by atoms with Gasteiger partial charge in [-0.25, -0.2) is 0 Å². The molecule has 0 aliphatic carbocycles. The number of nitriles is 1. The third-order valence-electron chi connectivity index (χ3n) is 2.51. The summed E-state index contributed by atoms with van der Waals surface area (Å²) in [5, 5.41) is 11.6. The molecule has 0 aromatic carbocycles. The largest absolute Gasteiger partial charge is 0.465 e. The highest BCUT2D eigenvalue weighted by Crippen LogP contribution is 2.07. The first-order chi connectivity index (χ1) is 8.77. The summed E-state index contributed by atoms with van der Waals surface area (Å²) in [4.78, 5) is 11.7. The van der Waals surface area contributed by atoms with Gasteiger partial charge >= 0.3 is 0 Å². The van der Waals surface area contributed by atoms with Crippen LogP contribution in [0.1, 0.15) is 38.4 Å². The minimum absolute atomic E-state index is 0.0699. The second-order valence-corrected chi connectivity index (χ2v) is 4.00. The average molecular weight is 246 g/mol. The van der Waals surface area contributed by atoms with Crippen molar-refractivity contribution >= 4 is 12.0 Å². The molecule has 1 rings (SSSR count). The first-order valence-electron chi connectivity index (χ1n) is 6.21. The molecule has 4 nitrogen and oxygen atoms in total. The van der Waals surface area contributed by atoms with Crippen molar-refractivity contribution in [1.82, 2.24) is 5.32 Å². The fraction of sp³-hybridized carbons (Fsp3) is 0.429. The Morgan fingerprint density at radius 2 is 2.33 bits per heavy atom. The summed E-state index contributed by atoms with van der Waals surface area (Å²) in [6, 6.07) is 5.29. The van der Waals surface area contributed by atoms with Crippen LogP contribution in [0, 0.1) is 11.3 Å². The van der Waals surface area contributed by atoms with Crippen LogP contribution in [0.3, 0.4) is 0 Å². The summed E-state index contributed by atoms with van der Waals surface area (Å²) in [7, 11) is 0. The quantitative estimate of drug-likeness (QED) is 0.457. The van der Waals surface area contributed by atoms with Crippen molar-refractivity contribution in [3.05, 3.63) is 29.7 Å². The molecule has 0 saturated carbocycles. The summed E-state index contributed by atoms with van der Waals surface area (Å²) in [5.41, 5.74) is 0.0699. The van der Waals surface area contributed by atoms with Gasteiger partial charge in [-0.05, 0) is 18.6 Å². The molecule has 0 bridgehead atoms. The maximum absolute atomic E-state index is 11.7. The van der Waals surface area contributed by atoms with E-state index in [2.05, 4.69) is 12.2 Å². The molecule has 1 N–H and O–H groups in total. The van der Waals surface area contributed by atoms with Crippen molar-refractivity contribution in [1.29, 1.82) is 5.26 Å². The van der Waals surface area contributed by atoms with E-state index in [9.17, 15) is 4.79 Å². The minimum Gasteiger partial charge on any atom is -0.465 e. The summed E-state index contributed by atoms with van der Waals surface area (Å²) in [6.07, 6.45) is 7.32. The number of nitrogens with one attached hydrogen (secondary N) is 1. The Bertz CT molecular complexity index is 427. The van der Waals surface area contributed by atoms with Crippen molar-refractivity contribution in [2.75, 3.05) is 6.54 Å². The van der Waals surface area contributed by atoms with Gasteiger partial charge in [0.2, 0.25) is 0 Å². The number of hydrogen-bond donors (Lipinski definition) is 1. The summed E-state index contributed by atoms with van der Waals surface area (Å²) >= 11 is 0. The summed E-state index contributed by atoms with van der Waals surface area (Å²) in [5.74, 6) is 0.165. The topological polar surface area (TPSA) is 66.0 Å². The predicted molar refractivity (Wildman–Crippen MR) is 69.4 cm³/mol. The minimum atomic E-state index is -0.342. The third-order valence-corrected chi connectivity index (χ3v) is 2.51. The molecule has 1 amide bonds. The van der Waals surface area contributed by atoms with Crippen molar-refractivity contribution in [2.24, 2.45) is 0 Å². The van der Waals surface area contributed by atoms with Crippen LogP contribution >= 0.6 is 0 Å². The van der Waals surface area contributed by atoms with Gasteiger partial charge in [-0.3, -0.25) is 4.79 Å². The van der Waals surface area contributed by atoms with E-state index in [4.69, 9.17) is 9.68 Å². The smallest absolute Gasteiger partial charge is 0.262 e. The lowest BCUT2D eigenvalue weighted by Crippen LogP contribution is -2.25. The molecule has 4 heteroatoms. The molecule has 0 aliphatic heterocycles. The van der Waals surface area contributed by atoms with Gasteiger partial charge < -0.3 is 9.73 Å². The lowest BCUT2D eigenvalue weighted by molar-refractivity contribution is -0.117. The average Bonchev–Trinajstić information content (AvgIpc) is 2.88. The normalized spacial score (nSPS) is 11.0. The van der Waals surface area contributed by atoms with Crippen LogP contribution in [0.4, 0.5) is 0 Å². The first kappa shape index (κ1) is 14.0. The number of amides is 1. The van der Waals surface area contributed by atoms with Crippen LogP contribution in [0.5, 0.6) is 0 Å². The molecule has 0 atom stereocenters. The van der Waals surface area contributed by atoms with E-state index in [0.717, 1.165) is 19.3 Å². The lowest BCUT2D eigenvalue weighted by Gasteiger charge is -2.03. The summed E-state index contributed by atoms with van der Waals surface area (Å²) in [6.45, 7) is 2.74. The Balaban J connectivity index is 2.42. The van der Waals surface area contributed by atoms with E-state index in [0.29, 0.717) is 12.3 Å². The van der Waals surface area contributed by atoms with Crippen LogP contribution in [0.25, 0.3) is 6.08 Å². The molecule has 0 unspecified atom stereocenters. The van der Waals surface area contributed by atoms with E-state index in [1.54, 1.807) is 12.1 Å². The highest BCUT2D eigenvalue weighted by atomic mass is 16.3. The number of rotatable bonds is 7. The van der Waals surface area contributed by atoms with Gasteiger partial charge in [-0.2, -0.15) is 5.26 Å². The van der Waals surface area contributed by atoms with E-state index in [-0.39, 0.29) is 11.5 Å². The fourth-order valence-corrected chi connectivity index (χ4v) is 1.51. The number of carbonyl (C=O) groups is 1. The zero-order valence-electron chi connectivity index (χ0n) is 10.6. The Labute approximate surface area is 107 Å². The van der Waals surface area contributed by atoms with Crippen molar-refractivity contribution in [3.63, 3.8) is 0 Å². The van der Waals surface area contributed by atoms with Gasteiger partial charge in [0, 0.05) is 12.6 Å². The third kappa shape index (κ3) is 4.88. The number of nitrogens with zero attached hydrogens (tertiary/aromatic N) is 1. The lowest BCUT2D eigenvalue weighted by atomic mass is 10.2. The van der Waals surface area contributed by atoms with Crippen LogP contribution in [0.15, 0.2) is 28.4 Å². The van der Waals surface area contributed by atoms with Crippen molar-refractivity contribution in [3.8, 4) is 6.07 Å². The Morgan fingerprint density at radius 1 is 1.50 bits per heavy atom. The fourth-order valence-electron chi connectivity index (χ4n) is 1.51. The van der Waals surface area contributed by atoms with Crippen LogP contribution in [-0.2, 0) is 4.79 Å². The molecule has 0 fully saturated rings. The van der Waals surface area contributed by atoms with Crippen molar-refractivity contribution in [2.45, 2.75) is 32.6 Å². The van der Waals surface area contributed by atoms with Gasteiger partial charge in [-0.15, -0.1) is 0 Å². The molecule has 0 aliphatic rings. The van der Waals surface area contributed by atoms with Gasteiger partial charge in [0.25, 0.3) is 5.91 Å². The van der Waals surface area contributed by atoms with Crippen LogP contribution in [0.2, 0.25) is 0 Å². The van der Waals surface area contributed by atoms with E-state index >= 15 is 0 Å². The Hall–Kier alpha value is -2.02. The second-order valence-electron chi connectivity index (χ2n) is 4.00. The van der Waals surface area contributed by atoms with Gasteiger partial charge in [0.15, 0.2) is 0 Å². The van der Waals surface area contributed by atoms with Gasteiger partial charge in [0.1, 0.15) is 17.4 Å². The molecular formula is C14H18N2O2. The standard InChI is InChI=1S/C14H18N2O2/c1-2-3-4-5-8-16-14(17)12(11-15)10-13-7-6-9-18-13/h6-7,9-10H,2-5,8H2,1H3,(H,16,17). The van der Waals surface area contributed by atoms with Crippen LogP contribution in [-0.4, -0.2) is 12.5 Å². The molecule has 1 aromatic heterocycles. The SMILES string of the molecule is CCCCCCNC(=O)C(C#N)=Cc1ccco1. The highest BCUT2D eigenvalue weighted by Gasteiger charge is 2.08. The van der Waals surface area contributed by atoms with E-state index in [1.165, 1.54) is 18.8 Å². The molecule has 1 aromatic rings. The molecule has 96 valence electrons. The number of unbranched alkanes of at least 4 members (excludes halogenated alkanes) is 3. The van der Waals surface area contributed by atoms with E-state index < -0.39 is 0 Å². The van der Waals surface area contributed by atoms with Gasteiger partial charge in [0.05, 0.1) is 6.26 Å². The monoisotopic (exact) mass is 246 g/mol. The molecule has 1 heterocycles. The summed E-state index contributed by atoms with van der Waals surface area (Å²) < 4.78 is 5.07. The predicted octanol–water partition coefficient (Wildman–Crippen LogP) is 2.88. The zero-order chi connectivity index (χ0) is 13.2. The zero-order valence-corrected chi connectivity index (χ0v) is 10.6. The first-order valence-corrected chi connectivity index (χ1v) is 6.21. The molecule has 0 radical (unpaired) electrons. The Morgan fingerprint density at radius 3 is 2.94 bits per heavy atom. The number of carbonyl (C=O) groups excluding carboxylic acids is 1. The second kappa shape index (κ2) is 8.13. The van der Waals surface area contributed by atoms with Gasteiger partial charge in [-0.1, -0.05) is 26.2 Å². The van der Waals surface area contributed by atoms with E-state index in [1.807, 2.05) is 6.07 Å².